The SMILES string of the molecule is NC1CCC(NC(=O)C2N(C(=O)Nc3cccc(F)c3)CCN2C(=O)c2ccc(Cl)nc2)CC1. The van der Waals surface area contributed by atoms with Crippen molar-refractivity contribution >= 4 is 35.1 Å². The molecule has 1 saturated heterocycles. The van der Waals surface area contributed by atoms with Crippen molar-refractivity contribution < 1.29 is 18.8 Å². The minimum atomic E-state index is -1.17. The van der Waals surface area contributed by atoms with E-state index in [0.29, 0.717) is 0 Å². The number of hydrogen-bond donors (Lipinski definition) is 3. The number of pyridine rings is 1. The average Bonchev–Trinajstić information content (AvgIpc) is 3.26. The normalized spacial score (nSPS) is 22.4. The second-order valence-electron chi connectivity index (χ2n) is 8.50. The molecule has 1 aliphatic heterocycles. The topological polar surface area (TPSA) is 121 Å². The molecular weight excluding hydrogens is 463 g/mol. The molecule has 1 aromatic heterocycles. The van der Waals surface area contributed by atoms with Gasteiger partial charge in [-0.25, -0.2) is 14.2 Å². The number of rotatable bonds is 4. The summed E-state index contributed by atoms with van der Waals surface area (Å²) in [5.74, 6) is -1.41. The van der Waals surface area contributed by atoms with Gasteiger partial charge in [0, 0.05) is 37.1 Å². The lowest BCUT2D eigenvalue weighted by Gasteiger charge is -2.32. The number of nitrogens with two attached hydrogens (primary N) is 1. The number of aromatic nitrogens is 1. The first-order valence-electron chi connectivity index (χ1n) is 11.1. The van der Waals surface area contributed by atoms with Gasteiger partial charge in [-0.2, -0.15) is 0 Å². The average molecular weight is 489 g/mol. The molecular formula is C23H26ClFN6O3. The molecule has 0 radical (unpaired) electrons. The molecule has 1 atom stereocenters. The molecule has 4 N–H and O–H groups in total. The van der Waals surface area contributed by atoms with Crippen LogP contribution in [0.15, 0.2) is 42.6 Å². The van der Waals surface area contributed by atoms with Gasteiger partial charge in [-0.05, 0) is 56.0 Å². The molecule has 0 spiro atoms. The second kappa shape index (κ2) is 10.4. The van der Waals surface area contributed by atoms with Gasteiger partial charge in [0.1, 0.15) is 11.0 Å². The zero-order valence-electron chi connectivity index (χ0n) is 18.4. The lowest BCUT2D eigenvalue weighted by atomic mass is 9.92. The fourth-order valence-corrected chi connectivity index (χ4v) is 4.42. The molecule has 2 aromatic rings. The predicted octanol–water partition coefficient (Wildman–Crippen LogP) is 2.58. The summed E-state index contributed by atoms with van der Waals surface area (Å²) in [5.41, 5.74) is 6.46. The maximum Gasteiger partial charge on any atom is 0.323 e. The third-order valence-corrected chi connectivity index (χ3v) is 6.32. The number of anilines is 1. The quantitative estimate of drug-likeness (QED) is 0.571. The van der Waals surface area contributed by atoms with E-state index in [0.717, 1.165) is 25.7 Å². The Morgan fingerprint density at radius 2 is 1.79 bits per heavy atom. The van der Waals surface area contributed by atoms with Gasteiger partial charge in [-0.15, -0.1) is 0 Å². The van der Waals surface area contributed by atoms with Crippen molar-refractivity contribution in [3.8, 4) is 0 Å². The Labute approximate surface area is 201 Å². The minimum Gasteiger partial charge on any atom is -0.350 e. The molecule has 9 nitrogen and oxygen atoms in total. The highest BCUT2D eigenvalue weighted by Crippen LogP contribution is 2.23. The predicted molar refractivity (Wildman–Crippen MR) is 125 cm³/mol. The highest BCUT2D eigenvalue weighted by atomic mass is 35.5. The van der Waals surface area contributed by atoms with E-state index in [2.05, 4.69) is 15.6 Å². The number of carbonyl (C=O) groups is 3. The maximum absolute atomic E-state index is 13.6. The van der Waals surface area contributed by atoms with Crippen LogP contribution in [-0.4, -0.2) is 64.0 Å². The second-order valence-corrected chi connectivity index (χ2v) is 8.88. The van der Waals surface area contributed by atoms with E-state index >= 15 is 0 Å². The Bertz CT molecular complexity index is 1060. The van der Waals surface area contributed by atoms with Crippen LogP contribution in [0.5, 0.6) is 0 Å². The molecule has 2 aliphatic rings. The third kappa shape index (κ3) is 5.45. The molecule has 1 saturated carbocycles. The highest BCUT2D eigenvalue weighted by molar-refractivity contribution is 6.29. The zero-order chi connectivity index (χ0) is 24.2. The fraction of sp³-hybridized carbons (Fsp3) is 0.391. The van der Waals surface area contributed by atoms with Crippen molar-refractivity contribution in [2.75, 3.05) is 18.4 Å². The minimum absolute atomic E-state index is 0.0878. The number of hydrogen-bond acceptors (Lipinski definition) is 5. The number of benzene rings is 1. The standard InChI is InChI=1S/C23H26ClFN6O3/c24-19-9-4-14(13-27-19)22(33)30-10-11-31(23(34)29-18-3-1-2-15(25)12-18)21(30)20(32)28-17-7-5-16(26)6-8-17/h1-4,9,12-13,16-17,21H,5-8,10-11,26H2,(H,28,32)(H,29,34). The van der Waals surface area contributed by atoms with Crippen LogP contribution in [0.1, 0.15) is 36.0 Å². The zero-order valence-corrected chi connectivity index (χ0v) is 19.2. The molecule has 180 valence electrons. The van der Waals surface area contributed by atoms with E-state index in [1.807, 2.05) is 0 Å². The summed E-state index contributed by atoms with van der Waals surface area (Å²) < 4.78 is 13.6. The Morgan fingerprint density at radius 3 is 2.47 bits per heavy atom. The monoisotopic (exact) mass is 488 g/mol. The van der Waals surface area contributed by atoms with E-state index < -0.39 is 29.8 Å². The first-order valence-corrected chi connectivity index (χ1v) is 11.5. The third-order valence-electron chi connectivity index (χ3n) is 6.10. The van der Waals surface area contributed by atoms with Crippen molar-refractivity contribution in [2.24, 2.45) is 5.73 Å². The van der Waals surface area contributed by atoms with Gasteiger partial charge in [0.05, 0.1) is 5.56 Å². The van der Waals surface area contributed by atoms with Gasteiger partial charge < -0.3 is 21.3 Å². The maximum atomic E-state index is 13.6. The fourth-order valence-electron chi connectivity index (χ4n) is 4.31. The first-order chi connectivity index (χ1) is 16.3. The van der Waals surface area contributed by atoms with Crippen molar-refractivity contribution in [1.82, 2.24) is 20.1 Å². The summed E-state index contributed by atoms with van der Waals surface area (Å²) in [4.78, 5) is 46.2. The molecule has 1 unspecified atom stereocenters. The molecule has 0 bridgehead atoms. The Morgan fingerprint density at radius 1 is 1.06 bits per heavy atom. The number of nitrogens with zero attached hydrogens (tertiary/aromatic N) is 3. The number of nitrogens with one attached hydrogen (secondary N) is 2. The van der Waals surface area contributed by atoms with Crippen LogP contribution in [0.3, 0.4) is 0 Å². The molecule has 1 aliphatic carbocycles. The summed E-state index contributed by atoms with van der Waals surface area (Å²) >= 11 is 5.83. The summed E-state index contributed by atoms with van der Waals surface area (Å²) in [7, 11) is 0. The van der Waals surface area contributed by atoms with Crippen molar-refractivity contribution in [3.05, 3.63) is 59.1 Å². The van der Waals surface area contributed by atoms with E-state index in [1.54, 1.807) is 6.07 Å². The van der Waals surface area contributed by atoms with Crippen molar-refractivity contribution in [1.29, 1.82) is 0 Å². The van der Waals surface area contributed by atoms with Crippen LogP contribution >= 0.6 is 11.6 Å². The Balaban J connectivity index is 1.55. The van der Waals surface area contributed by atoms with E-state index in [4.69, 9.17) is 17.3 Å². The summed E-state index contributed by atoms with van der Waals surface area (Å²) in [6.07, 6.45) is 3.19. The number of urea groups is 1. The van der Waals surface area contributed by atoms with Gasteiger partial charge in [0.15, 0.2) is 6.17 Å². The highest BCUT2D eigenvalue weighted by Gasteiger charge is 2.43. The largest absolute Gasteiger partial charge is 0.350 e. The van der Waals surface area contributed by atoms with Crippen LogP contribution in [0.2, 0.25) is 5.15 Å². The molecule has 34 heavy (non-hydrogen) atoms. The number of carbonyl (C=O) groups excluding carboxylic acids is 3. The van der Waals surface area contributed by atoms with E-state index in [9.17, 15) is 18.8 Å². The van der Waals surface area contributed by atoms with Crippen LogP contribution in [0.25, 0.3) is 0 Å². The smallest absolute Gasteiger partial charge is 0.323 e. The molecule has 4 rings (SSSR count). The van der Waals surface area contributed by atoms with Crippen molar-refractivity contribution in [2.45, 2.75) is 43.9 Å². The van der Waals surface area contributed by atoms with Crippen LogP contribution < -0.4 is 16.4 Å². The summed E-state index contributed by atoms with van der Waals surface area (Å²) in [5, 5.41) is 5.82. The van der Waals surface area contributed by atoms with Crippen LogP contribution in [-0.2, 0) is 4.79 Å². The van der Waals surface area contributed by atoms with Crippen LogP contribution in [0, 0.1) is 5.82 Å². The lowest BCUT2D eigenvalue weighted by Crippen LogP contribution is -2.56. The molecule has 2 fully saturated rings. The van der Waals surface area contributed by atoms with Crippen LogP contribution in [0.4, 0.5) is 14.9 Å². The Hall–Kier alpha value is -3.24. The van der Waals surface area contributed by atoms with Gasteiger partial charge in [0.25, 0.3) is 11.8 Å². The van der Waals surface area contributed by atoms with Crippen molar-refractivity contribution in [3.63, 3.8) is 0 Å². The summed E-state index contributed by atoms with van der Waals surface area (Å²) in [6.45, 7) is 0.271. The van der Waals surface area contributed by atoms with E-state index in [-0.39, 0.29) is 41.6 Å². The van der Waals surface area contributed by atoms with Gasteiger partial charge in [-0.3, -0.25) is 14.5 Å². The Kier molecular flexibility index (Phi) is 7.28. The number of amides is 4. The molecule has 2 heterocycles. The lowest BCUT2D eigenvalue weighted by molar-refractivity contribution is -0.128. The van der Waals surface area contributed by atoms with Gasteiger partial charge in [0.2, 0.25) is 0 Å². The van der Waals surface area contributed by atoms with Gasteiger partial charge in [-0.1, -0.05) is 17.7 Å². The summed E-state index contributed by atoms with van der Waals surface area (Å²) in [6, 6.07) is 7.87. The van der Waals surface area contributed by atoms with E-state index in [1.165, 1.54) is 46.3 Å². The van der Waals surface area contributed by atoms with Gasteiger partial charge >= 0.3 is 6.03 Å². The molecule has 11 heteroatoms. The first kappa shape index (κ1) is 23.9. The molecule has 1 aromatic carbocycles. The molecule has 4 amide bonds. The number of halogens is 2.